The van der Waals surface area contributed by atoms with E-state index in [1.165, 1.54) is 24.3 Å². The molecule has 1 heterocycles. The molecule has 1 aliphatic rings. The third-order valence-electron chi connectivity index (χ3n) is 3.71. The van der Waals surface area contributed by atoms with Crippen molar-refractivity contribution in [3.63, 3.8) is 0 Å². The summed E-state index contributed by atoms with van der Waals surface area (Å²) in [6, 6.07) is 6.97. The highest BCUT2D eigenvalue weighted by Gasteiger charge is 2.22. The van der Waals surface area contributed by atoms with Crippen molar-refractivity contribution < 1.29 is 26.7 Å². The minimum atomic E-state index is -4.24. The van der Waals surface area contributed by atoms with Gasteiger partial charge in [-0.25, -0.2) is 22.3 Å². The quantitative estimate of drug-likeness (QED) is 0.829. The van der Waals surface area contributed by atoms with Crippen LogP contribution in [0.3, 0.4) is 0 Å². The summed E-state index contributed by atoms with van der Waals surface area (Å²) in [5.74, 6) is -1.71. The SMILES string of the molecule is NS(=O)(=O)c1cc(/C=C2/CCOc3ccc(F)cc3C2=O)ccc1F. The predicted octanol–water partition coefficient (Wildman–Crippen LogP) is 2.66. The van der Waals surface area contributed by atoms with Crippen LogP contribution in [0.25, 0.3) is 6.08 Å². The van der Waals surface area contributed by atoms with Crippen molar-refractivity contribution in [2.24, 2.45) is 5.14 Å². The molecular weight excluding hydrogens is 352 g/mol. The van der Waals surface area contributed by atoms with E-state index in [1.807, 2.05) is 0 Å². The smallest absolute Gasteiger partial charge is 0.240 e. The van der Waals surface area contributed by atoms with Gasteiger partial charge in [0.2, 0.25) is 10.0 Å². The zero-order valence-corrected chi connectivity index (χ0v) is 13.6. The zero-order valence-electron chi connectivity index (χ0n) is 12.8. The second-order valence-corrected chi connectivity index (χ2v) is 7.00. The first-order valence-corrected chi connectivity index (χ1v) is 8.80. The number of rotatable bonds is 2. The Morgan fingerprint density at radius 1 is 1.12 bits per heavy atom. The lowest BCUT2D eigenvalue weighted by molar-refractivity contribution is 0.103. The van der Waals surface area contributed by atoms with Crippen LogP contribution in [0.5, 0.6) is 5.75 Å². The van der Waals surface area contributed by atoms with Gasteiger partial charge in [0.05, 0.1) is 12.2 Å². The van der Waals surface area contributed by atoms with E-state index < -0.39 is 32.3 Å². The van der Waals surface area contributed by atoms with Gasteiger partial charge in [0, 0.05) is 12.0 Å². The van der Waals surface area contributed by atoms with Gasteiger partial charge in [0.15, 0.2) is 5.78 Å². The number of halogens is 2. The van der Waals surface area contributed by atoms with Crippen molar-refractivity contribution in [3.05, 3.63) is 64.7 Å². The summed E-state index contributed by atoms with van der Waals surface area (Å²) in [6.07, 6.45) is 1.65. The third kappa shape index (κ3) is 3.59. The van der Waals surface area contributed by atoms with Crippen molar-refractivity contribution >= 4 is 21.9 Å². The number of nitrogens with two attached hydrogens (primary N) is 1. The Labute approximate surface area is 142 Å². The Balaban J connectivity index is 2.06. The Hall–Kier alpha value is -2.58. The maximum atomic E-state index is 13.6. The number of primary sulfonamides is 1. The van der Waals surface area contributed by atoms with Crippen LogP contribution < -0.4 is 9.88 Å². The molecule has 2 N–H and O–H groups in total. The van der Waals surface area contributed by atoms with Gasteiger partial charge in [-0.1, -0.05) is 6.07 Å². The summed E-state index contributed by atoms with van der Waals surface area (Å²) < 4.78 is 55.3. The van der Waals surface area contributed by atoms with Crippen LogP contribution in [0.15, 0.2) is 46.9 Å². The van der Waals surface area contributed by atoms with E-state index in [9.17, 15) is 22.0 Å². The molecule has 0 aliphatic carbocycles. The van der Waals surface area contributed by atoms with Crippen LogP contribution in [0.4, 0.5) is 8.78 Å². The maximum absolute atomic E-state index is 13.6. The number of carbonyl (C=O) groups is 1. The van der Waals surface area contributed by atoms with E-state index in [0.717, 1.165) is 18.2 Å². The largest absolute Gasteiger partial charge is 0.492 e. The first-order valence-electron chi connectivity index (χ1n) is 7.26. The fourth-order valence-electron chi connectivity index (χ4n) is 2.53. The van der Waals surface area contributed by atoms with Gasteiger partial charge >= 0.3 is 0 Å². The van der Waals surface area contributed by atoms with Crippen molar-refractivity contribution in [3.8, 4) is 5.75 Å². The molecule has 0 fully saturated rings. The number of benzene rings is 2. The monoisotopic (exact) mass is 365 g/mol. The van der Waals surface area contributed by atoms with E-state index in [4.69, 9.17) is 9.88 Å². The van der Waals surface area contributed by atoms with Crippen LogP contribution in [-0.2, 0) is 10.0 Å². The fraction of sp³-hybridized carbons (Fsp3) is 0.118. The molecule has 3 rings (SSSR count). The first-order chi connectivity index (χ1) is 11.8. The van der Waals surface area contributed by atoms with Crippen molar-refractivity contribution in [1.82, 2.24) is 0 Å². The third-order valence-corrected chi connectivity index (χ3v) is 4.64. The van der Waals surface area contributed by atoms with Gasteiger partial charge in [0.1, 0.15) is 22.3 Å². The summed E-state index contributed by atoms with van der Waals surface area (Å²) in [5.41, 5.74) is 0.655. The topological polar surface area (TPSA) is 86.5 Å². The normalized spacial score (nSPS) is 16.3. The Morgan fingerprint density at radius 3 is 2.60 bits per heavy atom. The minimum absolute atomic E-state index is 0.0810. The number of hydrogen-bond acceptors (Lipinski definition) is 4. The summed E-state index contributed by atoms with van der Waals surface area (Å²) in [4.78, 5) is 11.9. The van der Waals surface area contributed by atoms with Gasteiger partial charge in [-0.05, 0) is 42.0 Å². The highest BCUT2D eigenvalue weighted by Crippen LogP contribution is 2.28. The molecule has 0 atom stereocenters. The highest BCUT2D eigenvalue weighted by molar-refractivity contribution is 7.89. The number of carbonyl (C=O) groups excluding carboxylic acids is 1. The molecule has 0 amide bonds. The lowest BCUT2D eigenvalue weighted by Gasteiger charge is -2.06. The maximum Gasteiger partial charge on any atom is 0.240 e. The molecule has 0 saturated carbocycles. The average Bonchev–Trinajstić information content (AvgIpc) is 2.68. The van der Waals surface area contributed by atoms with Crippen LogP contribution in [-0.4, -0.2) is 20.8 Å². The van der Waals surface area contributed by atoms with Gasteiger partial charge in [-0.15, -0.1) is 0 Å². The molecule has 5 nitrogen and oxygen atoms in total. The fourth-order valence-corrected chi connectivity index (χ4v) is 3.17. The summed E-state index contributed by atoms with van der Waals surface area (Å²) >= 11 is 0. The number of ketones is 1. The van der Waals surface area contributed by atoms with E-state index in [-0.39, 0.29) is 35.5 Å². The van der Waals surface area contributed by atoms with E-state index in [0.29, 0.717) is 0 Å². The predicted molar refractivity (Wildman–Crippen MR) is 86.6 cm³/mol. The number of ether oxygens (including phenoxy) is 1. The van der Waals surface area contributed by atoms with E-state index in [2.05, 4.69) is 0 Å². The molecule has 2 aromatic carbocycles. The first kappa shape index (κ1) is 17.2. The minimum Gasteiger partial charge on any atom is -0.492 e. The molecule has 0 radical (unpaired) electrons. The average molecular weight is 365 g/mol. The molecule has 25 heavy (non-hydrogen) atoms. The van der Waals surface area contributed by atoms with Crippen LogP contribution in [0.2, 0.25) is 0 Å². The van der Waals surface area contributed by atoms with Crippen LogP contribution in [0.1, 0.15) is 22.3 Å². The molecule has 2 aromatic rings. The summed E-state index contributed by atoms with van der Waals surface area (Å²) in [6.45, 7) is 0.194. The highest BCUT2D eigenvalue weighted by atomic mass is 32.2. The molecule has 1 aliphatic heterocycles. The van der Waals surface area contributed by atoms with Crippen molar-refractivity contribution in [2.45, 2.75) is 11.3 Å². The van der Waals surface area contributed by atoms with Crippen molar-refractivity contribution in [1.29, 1.82) is 0 Å². The van der Waals surface area contributed by atoms with E-state index in [1.54, 1.807) is 0 Å². The lowest BCUT2D eigenvalue weighted by atomic mass is 9.99. The number of hydrogen-bond donors (Lipinski definition) is 1. The molecular formula is C17H13F2NO4S. The molecule has 130 valence electrons. The molecule has 0 bridgehead atoms. The zero-order chi connectivity index (χ0) is 18.2. The number of sulfonamides is 1. The lowest BCUT2D eigenvalue weighted by Crippen LogP contribution is -2.14. The Bertz CT molecular complexity index is 1000. The van der Waals surface area contributed by atoms with Crippen LogP contribution >= 0.6 is 0 Å². The molecule has 0 unspecified atom stereocenters. The van der Waals surface area contributed by atoms with Gasteiger partial charge in [0.25, 0.3) is 0 Å². The molecule has 0 saturated heterocycles. The standard InChI is InChI=1S/C17H13F2NO4S/c18-12-2-4-15-13(9-12)17(21)11(5-6-24-15)7-10-1-3-14(19)16(8-10)25(20,22)23/h1-4,7-9H,5-6H2,(H2,20,22,23)/b11-7-. The van der Waals surface area contributed by atoms with E-state index >= 15 is 0 Å². The van der Waals surface area contributed by atoms with Gasteiger partial charge in [-0.2, -0.15) is 0 Å². The Morgan fingerprint density at radius 2 is 1.88 bits per heavy atom. The number of Topliss-reactive ketones (excluding diaryl/α,β-unsaturated/α-hetero) is 1. The molecule has 8 heteroatoms. The second kappa shape index (κ2) is 6.38. The Kier molecular flexibility index (Phi) is 4.40. The summed E-state index contributed by atoms with van der Waals surface area (Å²) in [5, 5.41) is 4.97. The van der Waals surface area contributed by atoms with Crippen LogP contribution in [0, 0.1) is 11.6 Å². The summed E-state index contributed by atoms with van der Waals surface area (Å²) in [7, 11) is -4.24. The second-order valence-electron chi connectivity index (χ2n) is 5.47. The number of fused-ring (bicyclic) bond motifs is 1. The van der Waals surface area contributed by atoms with Gasteiger partial charge < -0.3 is 4.74 Å². The van der Waals surface area contributed by atoms with Crippen molar-refractivity contribution in [2.75, 3.05) is 6.61 Å². The van der Waals surface area contributed by atoms with Gasteiger partial charge in [-0.3, -0.25) is 4.79 Å². The molecule has 0 spiro atoms. The molecule has 0 aromatic heterocycles.